The van der Waals surface area contributed by atoms with Crippen molar-refractivity contribution in [2.45, 2.75) is 63.1 Å². The summed E-state index contributed by atoms with van der Waals surface area (Å²) in [6.45, 7) is 5.20. The van der Waals surface area contributed by atoms with Crippen molar-refractivity contribution in [2.75, 3.05) is 18.4 Å². The zero-order valence-electron chi connectivity index (χ0n) is 25.2. The van der Waals surface area contributed by atoms with Gasteiger partial charge in [-0.15, -0.1) is 22.7 Å². The summed E-state index contributed by atoms with van der Waals surface area (Å²) < 4.78 is 29.7. The predicted octanol–water partition coefficient (Wildman–Crippen LogP) is 7.79. The van der Waals surface area contributed by atoms with E-state index in [1.54, 1.807) is 51.2 Å². The molecule has 1 atom stereocenters. The number of nitrogens with zero attached hydrogens (tertiary/aromatic N) is 3. The second kappa shape index (κ2) is 12.8. The standard InChI is InChI=1S/C35H36N4O3S3/c1-2-26-12-8-9-20-39(26)45(41,42)27-17-15-25(16-18-27)33(40)37-35-32(34-36-29-13-6-7-14-30(29)43-34)28-19-21-38(23-31(28)44-35)22-24-10-4-3-5-11-24/h3-7,10-11,13-18,26H,2,8-9,12,19-23H2,1H3,(H,37,40). The van der Waals surface area contributed by atoms with Crippen LogP contribution in [0, 0.1) is 0 Å². The number of piperidine rings is 1. The number of carbonyl (C=O) groups excluding carboxylic acids is 1. The van der Waals surface area contributed by atoms with E-state index < -0.39 is 10.0 Å². The highest BCUT2D eigenvalue weighted by Crippen LogP contribution is 2.46. The molecule has 4 heterocycles. The Kier molecular flexibility index (Phi) is 8.58. The van der Waals surface area contributed by atoms with Crippen LogP contribution in [0.5, 0.6) is 0 Å². The Balaban J connectivity index is 1.17. The molecule has 232 valence electrons. The van der Waals surface area contributed by atoms with Gasteiger partial charge in [0.2, 0.25) is 10.0 Å². The summed E-state index contributed by atoms with van der Waals surface area (Å²) in [4.78, 5) is 22.6. The fraction of sp³-hybridized carbons (Fsp3) is 0.314. The molecule has 2 aliphatic rings. The summed E-state index contributed by atoms with van der Waals surface area (Å²) in [6.07, 6.45) is 4.50. The second-order valence-electron chi connectivity index (χ2n) is 11.8. The highest BCUT2D eigenvalue weighted by atomic mass is 32.2. The van der Waals surface area contributed by atoms with Crippen LogP contribution in [0.2, 0.25) is 0 Å². The lowest BCUT2D eigenvalue weighted by Gasteiger charge is -2.34. The average Bonchev–Trinajstić information content (AvgIpc) is 3.65. The Hall–Kier alpha value is -3.41. The van der Waals surface area contributed by atoms with Gasteiger partial charge in [-0.2, -0.15) is 4.31 Å². The fourth-order valence-corrected chi connectivity index (χ4v) is 10.7. The van der Waals surface area contributed by atoms with Gasteiger partial charge >= 0.3 is 0 Å². The van der Waals surface area contributed by atoms with Gasteiger partial charge in [0.15, 0.2) is 0 Å². The van der Waals surface area contributed by atoms with Gasteiger partial charge in [-0.3, -0.25) is 9.69 Å². The van der Waals surface area contributed by atoms with E-state index in [0.29, 0.717) is 12.1 Å². The molecule has 0 bridgehead atoms. The number of amides is 1. The van der Waals surface area contributed by atoms with Crippen LogP contribution in [0.3, 0.4) is 0 Å². The average molecular weight is 657 g/mol. The molecule has 1 N–H and O–H groups in total. The molecule has 1 fully saturated rings. The number of para-hydroxylation sites is 1. The maximum Gasteiger partial charge on any atom is 0.256 e. The van der Waals surface area contributed by atoms with Crippen molar-refractivity contribution in [3.05, 3.63) is 100 Å². The lowest BCUT2D eigenvalue weighted by molar-refractivity contribution is 0.102. The van der Waals surface area contributed by atoms with Gasteiger partial charge in [0.05, 0.1) is 15.1 Å². The number of thiazole rings is 1. The Morgan fingerprint density at radius 1 is 0.956 bits per heavy atom. The maximum atomic E-state index is 13.7. The number of aromatic nitrogens is 1. The molecule has 45 heavy (non-hydrogen) atoms. The van der Waals surface area contributed by atoms with Crippen molar-refractivity contribution >= 4 is 53.8 Å². The van der Waals surface area contributed by atoms with E-state index in [2.05, 4.69) is 40.5 Å². The van der Waals surface area contributed by atoms with Crippen LogP contribution in [-0.2, 0) is 29.5 Å². The third-order valence-corrected chi connectivity index (χ3v) is 13.0. The van der Waals surface area contributed by atoms with Crippen LogP contribution in [0.1, 0.15) is 59.0 Å². The normalized spacial score (nSPS) is 17.8. The van der Waals surface area contributed by atoms with Gasteiger partial charge in [0.1, 0.15) is 10.0 Å². The van der Waals surface area contributed by atoms with Crippen molar-refractivity contribution in [3.63, 3.8) is 0 Å². The number of benzene rings is 3. The first kappa shape index (κ1) is 30.3. The van der Waals surface area contributed by atoms with Crippen LogP contribution >= 0.6 is 22.7 Å². The molecular weight excluding hydrogens is 621 g/mol. The minimum atomic E-state index is -3.62. The Morgan fingerprint density at radius 3 is 2.51 bits per heavy atom. The third kappa shape index (κ3) is 6.09. The topological polar surface area (TPSA) is 82.6 Å². The van der Waals surface area contributed by atoms with Crippen LogP contribution in [-0.4, -0.2) is 47.6 Å². The number of nitrogens with one attached hydrogen (secondary N) is 1. The number of thiophene rings is 1. The first-order chi connectivity index (χ1) is 21.9. The number of rotatable bonds is 8. The Bertz CT molecular complexity index is 1900. The number of fused-ring (bicyclic) bond motifs is 2. The van der Waals surface area contributed by atoms with Crippen LogP contribution in [0.4, 0.5) is 5.00 Å². The van der Waals surface area contributed by atoms with Crippen molar-refractivity contribution in [3.8, 4) is 10.6 Å². The van der Waals surface area contributed by atoms with Crippen LogP contribution < -0.4 is 5.32 Å². The molecule has 5 aromatic rings. The summed E-state index contributed by atoms with van der Waals surface area (Å²) in [7, 11) is -3.62. The largest absolute Gasteiger partial charge is 0.313 e. The van der Waals surface area contributed by atoms with E-state index in [1.807, 2.05) is 31.2 Å². The molecule has 0 radical (unpaired) electrons. The fourth-order valence-electron chi connectivity index (χ4n) is 6.51. The molecule has 1 unspecified atom stereocenters. The molecule has 1 saturated heterocycles. The number of hydrogen-bond donors (Lipinski definition) is 1. The molecule has 3 aromatic carbocycles. The van der Waals surface area contributed by atoms with Crippen molar-refractivity contribution < 1.29 is 13.2 Å². The molecular formula is C35H36N4O3S3. The number of anilines is 1. The molecule has 0 aliphatic carbocycles. The van der Waals surface area contributed by atoms with E-state index >= 15 is 0 Å². The molecule has 7 rings (SSSR count). The molecule has 1 amide bonds. The summed E-state index contributed by atoms with van der Waals surface area (Å²) in [5.41, 5.74) is 4.93. The van der Waals surface area contributed by atoms with Gasteiger partial charge in [0, 0.05) is 48.2 Å². The van der Waals surface area contributed by atoms with E-state index in [9.17, 15) is 13.2 Å². The van der Waals surface area contributed by atoms with Gasteiger partial charge < -0.3 is 5.32 Å². The van der Waals surface area contributed by atoms with E-state index in [4.69, 9.17) is 4.98 Å². The van der Waals surface area contributed by atoms with Crippen LogP contribution in [0.15, 0.2) is 83.8 Å². The van der Waals surface area contributed by atoms with E-state index in [0.717, 1.165) is 77.5 Å². The van der Waals surface area contributed by atoms with Gasteiger partial charge in [-0.05, 0) is 73.2 Å². The van der Waals surface area contributed by atoms with Crippen molar-refractivity contribution in [1.29, 1.82) is 0 Å². The molecule has 0 saturated carbocycles. The first-order valence-electron chi connectivity index (χ1n) is 15.6. The van der Waals surface area contributed by atoms with Gasteiger partial charge in [-0.1, -0.05) is 55.8 Å². The monoisotopic (exact) mass is 656 g/mol. The van der Waals surface area contributed by atoms with Crippen molar-refractivity contribution in [1.82, 2.24) is 14.2 Å². The number of hydrogen-bond acceptors (Lipinski definition) is 7. The SMILES string of the molecule is CCC1CCCCN1S(=O)(=O)c1ccc(C(=O)Nc2sc3c(c2-c2nc4ccccc4s2)CCN(Cc2ccccc2)C3)cc1. The highest BCUT2D eigenvalue weighted by molar-refractivity contribution is 7.89. The zero-order valence-corrected chi connectivity index (χ0v) is 27.7. The predicted molar refractivity (Wildman–Crippen MR) is 183 cm³/mol. The van der Waals surface area contributed by atoms with E-state index in [1.165, 1.54) is 16.0 Å². The number of carbonyl (C=O) groups is 1. The second-order valence-corrected chi connectivity index (χ2v) is 15.8. The molecule has 2 aromatic heterocycles. The molecule has 2 aliphatic heterocycles. The minimum absolute atomic E-state index is 0.0288. The summed E-state index contributed by atoms with van der Waals surface area (Å²) in [5, 5.41) is 4.90. The van der Waals surface area contributed by atoms with Crippen molar-refractivity contribution in [2.24, 2.45) is 0 Å². The minimum Gasteiger partial charge on any atom is -0.313 e. The molecule has 10 heteroatoms. The van der Waals surface area contributed by atoms with E-state index in [-0.39, 0.29) is 16.8 Å². The Morgan fingerprint density at radius 2 is 1.73 bits per heavy atom. The lowest BCUT2D eigenvalue weighted by Crippen LogP contribution is -2.43. The molecule has 0 spiro atoms. The van der Waals surface area contributed by atoms with Gasteiger partial charge in [0.25, 0.3) is 5.91 Å². The third-order valence-electron chi connectivity index (χ3n) is 8.89. The number of sulfonamides is 1. The summed E-state index contributed by atoms with van der Waals surface area (Å²) in [6, 6.07) is 25.1. The summed E-state index contributed by atoms with van der Waals surface area (Å²) in [5.74, 6) is -0.259. The maximum absolute atomic E-state index is 13.7. The first-order valence-corrected chi connectivity index (χ1v) is 18.7. The highest BCUT2D eigenvalue weighted by Gasteiger charge is 2.33. The molecule has 7 nitrogen and oxygen atoms in total. The lowest BCUT2D eigenvalue weighted by atomic mass is 10.0. The van der Waals surface area contributed by atoms with Crippen LogP contribution in [0.25, 0.3) is 20.8 Å². The smallest absolute Gasteiger partial charge is 0.256 e. The quantitative estimate of drug-likeness (QED) is 0.184. The van der Waals surface area contributed by atoms with Gasteiger partial charge in [-0.25, -0.2) is 13.4 Å². The zero-order chi connectivity index (χ0) is 31.0. The summed E-state index contributed by atoms with van der Waals surface area (Å²) >= 11 is 3.27. The Labute approximate surface area is 272 Å².